The Morgan fingerprint density at radius 3 is 1.50 bits per heavy atom. The largest absolute Gasteiger partial charge is 0.455 e. The summed E-state index contributed by atoms with van der Waals surface area (Å²) in [5, 5.41) is 4.60. The summed E-state index contributed by atoms with van der Waals surface area (Å²) in [6.45, 7) is 0. The van der Waals surface area contributed by atoms with Gasteiger partial charge in [0.15, 0.2) is 0 Å². The minimum absolute atomic E-state index is 0.900. The summed E-state index contributed by atoms with van der Waals surface area (Å²) in [7, 11) is 0. The van der Waals surface area contributed by atoms with Gasteiger partial charge < -0.3 is 9.32 Å². The van der Waals surface area contributed by atoms with Crippen LogP contribution in [0.2, 0.25) is 0 Å². The van der Waals surface area contributed by atoms with Gasteiger partial charge in [0.1, 0.15) is 11.2 Å². The van der Waals surface area contributed by atoms with E-state index in [1.54, 1.807) is 0 Å². The van der Waals surface area contributed by atoms with Gasteiger partial charge in [-0.05, 0) is 98.4 Å². The Kier molecular flexibility index (Phi) is 7.85. The van der Waals surface area contributed by atoms with Crippen molar-refractivity contribution >= 4 is 49.8 Å². The number of fused-ring (bicyclic) bond motifs is 5. The van der Waals surface area contributed by atoms with Gasteiger partial charge in [-0.15, -0.1) is 0 Å². The molecule has 0 aliphatic heterocycles. The maximum absolute atomic E-state index is 6.51. The van der Waals surface area contributed by atoms with Crippen LogP contribution in [0.5, 0.6) is 0 Å². The van der Waals surface area contributed by atoms with Gasteiger partial charge >= 0.3 is 0 Å². The van der Waals surface area contributed by atoms with E-state index in [-0.39, 0.29) is 0 Å². The molecule has 0 bridgehead atoms. The molecule has 54 heavy (non-hydrogen) atoms. The van der Waals surface area contributed by atoms with Crippen LogP contribution in [-0.2, 0) is 0 Å². The highest BCUT2D eigenvalue weighted by atomic mass is 16.3. The molecule has 0 saturated heterocycles. The molecule has 2 heteroatoms. The molecule has 0 aliphatic carbocycles. The molecule has 10 aromatic rings. The average molecular weight is 690 g/mol. The van der Waals surface area contributed by atoms with Crippen molar-refractivity contribution in [1.82, 2.24) is 0 Å². The third-order valence-electron chi connectivity index (χ3n) is 10.5. The maximum atomic E-state index is 6.51. The molecule has 0 unspecified atom stereocenters. The zero-order valence-corrected chi connectivity index (χ0v) is 29.6. The minimum atomic E-state index is 0.900. The highest BCUT2D eigenvalue weighted by molar-refractivity contribution is 6.19. The van der Waals surface area contributed by atoms with Gasteiger partial charge in [-0.2, -0.15) is 0 Å². The van der Waals surface area contributed by atoms with Gasteiger partial charge in [0.25, 0.3) is 0 Å². The smallest absolute Gasteiger partial charge is 0.143 e. The van der Waals surface area contributed by atoms with Gasteiger partial charge in [-0.25, -0.2) is 0 Å². The van der Waals surface area contributed by atoms with E-state index in [0.29, 0.717) is 0 Å². The molecule has 0 aliphatic rings. The Morgan fingerprint density at radius 1 is 0.315 bits per heavy atom. The number of benzene rings is 9. The van der Waals surface area contributed by atoms with Crippen molar-refractivity contribution < 1.29 is 4.42 Å². The third-order valence-corrected chi connectivity index (χ3v) is 10.5. The van der Waals surface area contributed by atoms with E-state index < -0.39 is 0 Å². The standard InChI is InChI=1S/C52H35NO/c1-3-11-36(12-4-1)38-21-23-39(24-22-38)40-25-30-44(31-26-40)53(46-17-9-16-43(35-46)37-13-5-2-6-14-37)45-32-27-42(28-33-45)47-19-10-20-50-51(47)49-34-29-41-15-7-8-18-48(41)52(49)54-50/h1-35H. The van der Waals surface area contributed by atoms with E-state index in [9.17, 15) is 0 Å². The quantitative estimate of drug-likeness (QED) is 0.166. The van der Waals surface area contributed by atoms with Crippen molar-refractivity contribution in [2.24, 2.45) is 0 Å². The molecule has 0 spiro atoms. The highest BCUT2D eigenvalue weighted by Gasteiger charge is 2.17. The lowest BCUT2D eigenvalue weighted by Gasteiger charge is -2.26. The fourth-order valence-corrected chi connectivity index (χ4v) is 7.78. The topological polar surface area (TPSA) is 16.4 Å². The number of hydrogen-bond donors (Lipinski definition) is 0. The molecular formula is C52H35NO. The van der Waals surface area contributed by atoms with Crippen molar-refractivity contribution in [3.05, 3.63) is 212 Å². The Morgan fingerprint density at radius 2 is 0.833 bits per heavy atom. The van der Waals surface area contributed by atoms with Gasteiger partial charge in [0, 0.05) is 33.2 Å². The van der Waals surface area contributed by atoms with Crippen LogP contribution in [0.15, 0.2) is 217 Å². The van der Waals surface area contributed by atoms with Gasteiger partial charge in [0.05, 0.1) is 0 Å². The summed E-state index contributed by atoms with van der Waals surface area (Å²) in [4.78, 5) is 2.35. The Labute approximate surface area is 314 Å². The number of furan rings is 1. The summed E-state index contributed by atoms with van der Waals surface area (Å²) in [6.07, 6.45) is 0. The van der Waals surface area contributed by atoms with E-state index in [4.69, 9.17) is 4.42 Å². The zero-order valence-electron chi connectivity index (χ0n) is 29.6. The summed E-state index contributed by atoms with van der Waals surface area (Å²) in [5.41, 5.74) is 14.6. The van der Waals surface area contributed by atoms with Crippen molar-refractivity contribution in [2.45, 2.75) is 0 Å². The average Bonchev–Trinajstić information content (AvgIpc) is 3.65. The molecule has 0 fully saturated rings. The lowest BCUT2D eigenvalue weighted by Crippen LogP contribution is -2.10. The summed E-state index contributed by atoms with van der Waals surface area (Å²) < 4.78 is 6.51. The molecule has 10 rings (SSSR count). The Bertz CT molecular complexity index is 2890. The van der Waals surface area contributed by atoms with E-state index >= 15 is 0 Å². The number of nitrogens with zero attached hydrogens (tertiary/aromatic N) is 1. The molecule has 0 atom stereocenters. The van der Waals surface area contributed by atoms with Gasteiger partial charge in [0.2, 0.25) is 0 Å². The molecule has 1 aromatic heterocycles. The lowest BCUT2D eigenvalue weighted by atomic mass is 9.97. The molecule has 254 valence electrons. The molecular weight excluding hydrogens is 655 g/mol. The highest BCUT2D eigenvalue weighted by Crippen LogP contribution is 2.42. The van der Waals surface area contributed by atoms with Crippen LogP contribution in [0.3, 0.4) is 0 Å². The fourth-order valence-electron chi connectivity index (χ4n) is 7.78. The monoisotopic (exact) mass is 689 g/mol. The van der Waals surface area contributed by atoms with Crippen LogP contribution in [0.1, 0.15) is 0 Å². The predicted molar refractivity (Wildman–Crippen MR) is 228 cm³/mol. The number of anilines is 3. The first kappa shape index (κ1) is 31.6. The summed E-state index contributed by atoms with van der Waals surface area (Å²) in [6, 6.07) is 75.8. The molecule has 0 saturated carbocycles. The molecule has 0 radical (unpaired) electrons. The van der Waals surface area contributed by atoms with Crippen LogP contribution in [0.25, 0.3) is 77.2 Å². The lowest BCUT2D eigenvalue weighted by molar-refractivity contribution is 0.673. The fraction of sp³-hybridized carbons (Fsp3) is 0. The molecule has 9 aromatic carbocycles. The van der Waals surface area contributed by atoms with Crippen molar-refractivity contribution in [2.75, 3.05) is 4.90 Å². The van der Waals surface area contributed by atoms with Crippen molar-refractivity contribution in [1.29, 1.82) is 0 Å². The number of hydrogen-bond acceptors (Lipinski definition) is 2. The molecule has 1 heterocycles. The summed E-state index contributed by atoms with van der Waals surface area (Å²) in [5.74, 6) is 0. The van der Waals surface area contributed by atoms with Crippen molar-refractivity contribution in [3.8, 4) is 44.5 Å². The van der Waals surface area contributed by atoms with Crippen LogP contribution in [0, 0.1) is 0 Å². The first-order valence-electron chi connectivity index (χ1n) is 18.4. The van der Waals surface area contributed by atoms with Crippen LogP contribution < -0.4 is 4.90 Å². The van der Waals surface area contributed by atoms with E-state index in [1.165, 1.54) is 38.8 Å². The van der Waals surface area contributed by atoms with Crippen LogP contribution in [-0.4, -0.2) is 0 Å². The minimum Gasteiger partial charge on any atom is -0.455 e. The van der Waals surface area contributed by atoms with E-state index in [2.05, 4.69) is 217 Å². The second-order valence-electron chi connectivity index (χ2n) is 13.7. The second-order valence-corrected chi connectivity index (χ2v) is 13.7. The normalized spacial score (nSPS) is 11.3. The van der Waals surface area contributed by atoms with E-state index in [0.717, 1.165) is 55.5 Å². The third kappa shape index (κ3) is 5.71. The van der Waals surface area contributed by atoms with Crippen molar-refractivity contribution in [3.63, 3.8) is 0 Å². The number of rotatable bonds is 7. The van der Waals surface area contributed by atoms with Gasteiger partial charge in [-0.3, -0.25) is 0 Å². The van der Waals surface area contributed by atoms with E-state index in [1.807, 2.05) is 0 Å². The predicted octanol–water partition coefficient (Wildman–Crippen LogP) is 14.9. The maximum Gasteiger partial charge on any atom is 0.143 e. The Hall–Kier alpha value is -7.16. The molecule has 2 nitrogen and oxygen atoms in total. The zero-order chi connectivity index (χ0) is 35.8. The Balaban J connectivity index is 1.04. The first-order valence-corrected chi connectivity index (χ1v) is 18.4. The molecule has 0 amide bonds. The molecule has 0 N–H and O–H groups in total. The summed E-state index contributed by atoms with van der Waals surface area (Å²) >= 11 is 0. The SMILES string of the molecule is c1ccc(-c2ccc(-c3ccc(N(c4ccc(-c5cccc6oc7c8ccccc8ccc7c56)cc4)c4cccc(-c5ccccc5)c4)cc3)cc2)cc1. The first-order chi connectivity index (χ1) is 26.8. The van der Waals surface area contributed by atoms with Crippen LogP contribution in [0.4, 0.5) is 17.1 Å². The van der Waals surface area contributed by atoms with Crippen LogP contribution >= 0.6 is 0 Å². The second kappa shape index (κ2) is 13.4. The van der Waals surface area contributed by atoms with Gasteiger partial charge in [-0.1, -0.05) is 164 Å².